The first-order chi connectivity index (χ1) is 16.9. The molecule has 35 heavy (non-hydrogen) atoms. The number of aromatic nitrogens is 2. The molecule has 3 aromatic rings. The minimum atomic E-state index is -0.551. The number of hydrogen-bond donors (Lipinski definition) is 3. The monoisotopic (exact) mass is 502 g/mol. The zero-order valence-electron chi connectivity index (χ0n) is 19.3. The number of nitrogens with two attached hydrogens (primary N) is 1. The van der Waals surface area contributed by atoms with Crippen LogP contribution < -0.4 is 21.3 Å². The van der Waals surface area contributed by atoms with Crippen molar-refractivity contribution in [3.63, 3.8) is 0 Å². The number of ether oxygens (including phenoxy) is 2. The molecule has 0 atom stereocenters. The Labute approximate surface area is 204 Å². The Balaban J connectivity index is 1.35. The van der Waals surface area contributed by atoms with Crippen molar-refractivity contribution in [1.82, 2.24) is 15.3 Å². The van der Waals surface area contributed by atoms with Gasteiger partial charge in [-0.1, -0.05) is 6.07 Å². The third kappa shape index (κ3) is 5.85. The van der Waals surface area contributed by atoms with Gasteiger partial charge in [-0.3, -0.25) is 14.4 Å². The van der Waals surface area contributed by atoms with Gasteiger partial charge in [-0.05, 0) is 54.7 Å². The molecule has 4 rings (SSSR count). The summed E-state index contributed by atoms with van der Waals surface area (Å²) in [6.07, 6.45) is 3.36. The molecule has 1 aliphatic rings. The highest BCUT2D eigenvalue weighted by molar-refractivity contribution is 7.16. The fourth-order valence-corrected chi connectivity index (χ4v) is 5.18. The van der Waals surface area contributed by atoms with Crippen LogP contribution in [0, 0.1) is 17.7 Å². The Kier molecular flexibility index (Phi) is 7.76. The lowest BCUT2D eigenvalue weighted by Crippen LogP contribution is -2.28. The summed E-state index contributed by atoms with van der Waals surface area (Å²) in [4.78, 5) is 43.9. The number of carbonyl (C=O) groups is 2. The second-order valence-electron chi connectivity index (χ2n) is 8.64. The molecule has 2 heterocycles. The maximum absolute atomic E-state index is 13.6. The fraction of sp³-hybridized carbons (Fsp3) is 0.417. The molecular weight excluding hydrogens is 475 g/mol. The fourth-order valence-electron chi connectivity index (χ4n) is 4.25. The first-order valence-corrected chi connectivity index (χ1v) is 12.2. The Bertz CT molecular complexity index is 1280. The maximum Gasteiger partial charge on any atom is 0.287 e. The summed E-state index contributed by atoms with van der Waals surface area (Å²) in [5.74, 6) is -0.972. The molecule has 0 radical (unpaired) electrons. The van der Waals surface area contributed by atoms with Gasteiger partial charge in [0.15, 0.2) is 11.6 Å². The number of nitrogens with one attached hydrogen (secondary N) is 2. The number of benzene rings is 1. The quantitative estimate of drug-likeness (QED) is 0.412. The van der Waals surface area contributed by atoms with Gasteiger partial charge in [0.2, 0.25) is 11.7 Å². The van der Waals surface area contributed by atoms with Crippen LogP contribution in [-0.2, 0) is 22.7 Å². The Morgan fingerprint density at radius 1 is 1.29 bits per heavy atom. The molecule has 11 heteroatoms. The zero-order chi connectivity index (χ0) is 24.9. The van der Waals surface area contributed by atoms with Crippen molar-refractivity contribution in [2.45, 2.75) is 38.8 Å². The van der Waals surface area contributed by atoms with Crippen LogP contribution in [0.3, 0.4) is 0 Å². The third-order valence-corrected chi connectivity index (χ3v) is 7.19. The van der Waals surface area contributed by atoms with E-state index in [0.717, 1.165) is 31.2 Å². The lowest BCUT2D eigenvalue weighted by Gasteiger charge is -2.26. The minimum absolute atomic E-state index is 0.0402. The second-order valence-corrected chi connectivity index (χ2v) is 9.50. The molecule has 1 saturated carbocycles. The van der Waals surface area contributed by atoms with E-state index in [1.54, 1.807) is 0 Å². The van der Waals surface area contributed by atoms with Gasteiger partial charge in [0.1, 0.15) is 4.83 Å². The Morgan fingerprint density at radius 2 is 2.06 bits per heavy atom. The van der Waals surface area contributed by atoms with Crippen molar-refractivity contribution in [2.75, 3.05) is 13.7 Å². The van der Waals surface area contributed by atoms with Gasteiger partial charge in [-0.25, -0.2) is 9.37 Å². The Morgan fingerprint density at radius 3 is 2.77 bits per heavy atom. The average Bonchev–Trinajstić information content (AvgIpc) is 3.27. The van der Waals surface area contributed by atoms with E-state index in [9.17, 15) is 18.8 Å². The van der Waals surface area contributed by atoms with Crippen LogP contribution in [0.5, 0.6) is 5.75 Å². The number of hydrogen-bond acceptors (Lipinski definition) is 7. The average molecular weight is 503 g/mol. The maximum atomic E-state index is 13.6. The number of primary amides is 1. The van der Waals surface area contributed by atoms with Gasteiger partial charge in [0.05, 0.1) is 19.1 Å². The van der Waals surface area contributed by atoms with Crippen LogP contribution in [0.25, 0.3) is 10.2 Å². The highest BCUT2D eigenvalue weighted by Gasteiger charge is 2.25. The summed E-state index contributed by atoms with van der Waals surface area (Å²) in [5.41, 5.74) is 6.33. The number of fused-ring (bicyclic) bond motifs is 1. The van der Waals surface area contributed by atoms with Crippen molar-refractivity contribution in [3.8, 4) is 5.75 Å². The molecule has 0 aliphatic heterocycles. The molecular formula is C24H27FN4O5S. The molecule has 2 amide bonds. The van der Waals surface area contributed by atoms with Crippen LogP contribution in [0.1, 0.15) is 47.4 Å². The number of carbonyl (C=O) groups excluding carboxylic acids is 2. The van der Waals surface area contributed by atoms with E-state index in [1.165, 1.54) is 36.6 Å². The highest BCUT2D eigenvalue weighted by atomic mass is 32.1. The number of thiophene rings is 1. The van der Waals surface area contributed by atoms with Gasteiger partial charge in [0, 0.05) is 24.6 Å². The van der Waals surface area contributed by atoms with Crippen molar-refractivity contribution < 1.29 is 23.5 Å². The molecule has 1 fully saturated rings. The second kappa shape index (κ2) is 11.0. The van der Waals surface area contributed by atoms with Gasteiger partial charge < -0.3 is 25.5 Å². The molecule has 0 bridgehead atoms. The van der Waals surface area contributed by atoms with E-state index < -0.39 is 17.3 Å². The summed E-state index contributed by atoms with van der Waals surface area (Å²) in [6, 6.07) is 4.28. The van der Waals surface area contributed by atoms with Crippen molar-refractivity contribution in [2.24, 2.45) is 17.6 Å². The zero-order valence-corrected chi connectivity index (χ0v) is 20.1. The smallest absolute Gasteiger partial charge is 0.287 e. The largest absolute Gasteiger partial charge is 0.494 e. The molecule has 0 saturated heterocycles. The molecule has 9 nitrogen and oxygen atoms in total. The van der Waals surface area contributed by atoms with Gasteiger partial charge >= 0.3 is 0 Å². The standard InChI is InChI=1S/C24H27FN4O5S/c1-33-18-8-14(4-7-17(18)25)9-27-23(32)21-28-22(31)19-16(12-35-24(19)29-21)11-34-10-13-2-5-15(6-3-13)20(26)30/h4,7-8,12-13,15H,2-3,5-6,9-11H2,1H3,(H2,26,30)(H,27,32)(H,28,29,31)/t13-,15-. The van der Waals surface area contributed by atoms with E-state index in [4.69, 9.17) is 15.2 Å². The van der Waals surface area contributed by atoms with Crippen LogP contribution in [0.2, 0.25) is 0 Å². The molecule has 2 aromatic heterocycles. The molecule has 4 N–H and O–H groups in total. The van der Waals surface area contributed by atoms with E-state index in [0.29, 0.717) is 28.3 Å². The summed E-state index contributed by atoms with van der Waals surface area (Å²) in [6.45, 7) is 0.920. The number of aromatic amines is 1. The summed E-state index contributed by atoms with van der Waals surface area (Å²) >= 11 is 1.27. The van der Waals surface area contributed by atoms with E-state index >= 15 is 0 Å². The van der Waals surface area contributed by atoms with Gasteiger partial charge in [-0.2, -0.15) is 0 Å². The summed E-state index contributed by atoms with van der Waals surface area (Å²) < 4.78 is 24.4. The first-order valence-electron chi connectivity index (χ1n) is 11.3. The van der Waals surface area contributed by atoms with Crippen LogP contribution in [0.4, 0.5) is 4.39 Å². The van der Waals surface area contributed by atoms with Crippen LogP contribution in [0.15, 0.2) is 28.4 Å². The number of methoxy groups -OCH3 is 1. The summed E-state index contributed by atoms with van der Waals surface area (Å²) in [7, 11) is 1.36. The predicted molar refractivity (Wildman–Crippen MR) is 129 cm³/mol. The lowest BCUT2D eigenvalue weighted by atomic mass is 9.82. The van der Waals surface area contributed by atoms with Crippen molar-refractivity contribution in [3.05, 3.63) is 56.7 Å². The Hall–Kier alpha value is -3.31. The van der Waals surface area contributed by atoms with Crippen LogP contribution >= 0.6 is 11.3 Å². The number of halogens is 1. The molecule has 186 valence electrons. The van der Waals surface area contributed by atoms with Crippen molar-refractivity contribution in [1.29, 1.82) is 0 Å². The summed E-state index contributed by atoms with van der Waals surface area (Å²) in [5, 5.41) is 4.89. The number of H-pyrrole nitrogens is 1. The molecule has 1 aliphatic carbocycles. The van der Waals surface area contributed by atoms with Crippen LogP contribution in [-0.4, -0.2) is 35.5 Å². The SMILES string of the molecule is COc1cc(CNC(=O)c2nc3scc(COC[C@H]4CC[C@H](C(N)=O)CC4)c3c(=O)[nH]2)ccc1F. The normalized spacial score (nSPS) is 17.9. The van der Waals surface area contributed by atoms with E-state index in [1.807, 2.05) is 5.38 Å². The minimum Gasteiger partial charge on any atom is -0.494 e. The van der Waals surface area contributed by atoms with E-state index in [2.05, 4.69) is 15.3 Å². The van der Waals surface area contributed by atoms with Gasteiger partial charge in [0.25, 0.3) is 11.5 Å². The predicted octanol–water partition coefficient (Wildman–Crippen LogP) is 2.87. The third-order valence-electron chi connectivity index (χ3n) is 6.26. The van der Waals surface area contributed by atoms with E-state index in [-0.39, 0.29) is 36.6 Å². The van der Waals surface area contributed by atoms with Gasteiger partial charge in [-0.15, -0.1) is 11.3 Å². The highest BCUT2D eigenvalue weighted by Crippen LogP contribution is 2.29. The number of rotatable bonds is 9. The number of nitrogens with zero attached hydrogens (tertiary/aromatic N) is 1. The topological polar surface area (TPSA) is 136 Å². The lowest BCUT2D eigenvalue weighted by molar-refractivity contribution is -0.123. The molecule has 1 aromatic carbocycles. The van der Waals surface area contributed by atoms with Crippen molar-refractivity contribution >= 4 is 33.4 Å². The molecule has 0 unspecified atom stereocenters. The number of amides is 2. The first kappa shape index (κ1) is 24.8. The molecule has 0 spiro atoms.